The van der Waals surface area contributed by atoms with Crippen LogP contribution in [-0.4, -0.2) is 16.6 Å². The van der Waals surface area contributed by atoms with Gasteiger partial charge in [-0.25, -0.2) is 4.79 Å². The summed E-state index contributed by atoms with van der Waals surface area (Å²) in [5.41, 5.74) is 2.85. The van der Waals surface area contributed by atoms with Gasteiger partial charge in [-0.3, -0.25) is 9.78 Å². The quantitative estimate of drug-likeness (QED) is 0.725. The number of aromatic amines is 1. The van der Waals surface area contributed by atoms with E-state index in [2.05, 4.69) is 10.3 Å². The third-order valence-electron chi connectivity index (χ3n) is 3.09. The molecule has 1 amide bonds. The van der Waals surface area contributed by atoms with E-state index in [4.69, 9.17) is 4.42 Å². The van der Waals surface area contributed by atoms with E-state index in [1.807, 2.05) is 31.2 Å². The average Bonchev–Trinajstić information content (AvgIpc) is 2.86. The molecule has 0 saturated carbocycles. The largest absolute Gasteiger partial charge is 0.417 e. The van der Waals surface area contributed by atoms with Crippen LogP contribution in [0.15, 0.2) is 56.6 Å². The minimum Gasteiger partial charge on any atom is -0.408 e. The number of carbonyl (C=O) groups is 1. The number of oxazole rings is 1. The van der Waals surface area contributed by atoms with Crippen molar-refractivity contribution in [2.75, 3.05) is 11.1 Å². The van der Waals surface area contributed by atoms with Gasteiger partial charge in [0, 0.05) is 10.6 Å². The molecule has 6 heteroatoms. The molecule has 5 nitrogen and oxygen atoms in total. The van der Waals surface area contributed by atoms with Gasteiger partial charge in [-0.15, -0.1) is 11.8 Å². The Morgan fingerprint density at radius 2 is 2.00 bits per heavy atom. The first-order chi connectivity index (χ1) is 10.6. The van der Waals surface area contributed by atoms with Gasteiger partial charge in [0.2, 0.25) is 5.91 Å². The number of amides is 1. The molecule has 0 aliphatic rings. The normalized spacial score (nSPS) is 10.8. The van der Waals surface area contributed by atoms with Crippen molar-refractivity contribution in [2.45, 2.75) is 11.8 Å². The minimum atomic E-state index is -0.506. The summed E-state index contributed by atoms with van der Waals surface area (Å²) < 4.78 is 4.91. The summed E-state index contributed by atoms with van der Waals surface area (Å²) in [6.45, 7) is 2.03. The van der Waals surface area contributed by atoms with Crippen molar-refractivity contribution in [3.63, 3.8) is 0 Å². The van der Waals surface area contributed by atoms with Crippen LogP contribution in [0.2, 0.25) is 0 Å². The number of aromatic nitrogens is 1. The number of H-pyrrole nitrogens is 1. The van der Waals surface area contributed by atoms with Crippen molar-refractivity contribution in [3.05, 3.63) is 58.6 Å². The van der Waals surface area contributed by atoms with Crippen LogP contribution in [-0.2, 0) is 4.79 Å². The molecule has 22 heavy (non-hydrogen) atoms. The number of nitrogens with one attached hydrogen (secondary N) is 2. The fraction of sp³-hybridized carbons (Fsp3) is 0.125. The van der Waals surface area contributed by atoms with Gasteiger partial charge in [-0.1, -0.05) is 17.7 Å². The van der Waals surface area contributed by atoms with Crippen molar-refractivity contribution >= 4 is 34.5 Å². The molecule has 0 radical (unpaired) electrons. The van der Waals surface area contributed by atoms with Gasteiger partial charge in [0.05, 0.1) is 11.3 Å². The van der Waals surface area contributed by atoms with E-state index >= 15 is 0 Å². The van der Waals surface area contributed by atoms with Crippen LogP contribution in [0.1, 0.15) is 5.56 Å². The maximum absolute atomic E-state index is 12.0. The number of rotatable bonds is 4. The Balaban J connectivity index is 1.62. The summed E-state index contributed by atoms with van der Waals surface area (Å²) in [5, 5.41) is 2.80. The Morgan fingerprint density at radius 1 is 1.23 bits per heavy atom. The number of hydrogen-bond acceptors (Lipinski definition) is 4. The van der Waals surface area contributed by atoms with E-state index in [1.165, 1.54) is 17.3 Å². The molecule has 1 aromatic heterocycles. The van der Waals surface area contributed by atoms with Crippen molar-refractivity contribution in [1.82, 2.24) is 4.98 Å². The molecule has 2 aromatic carbocycles. The van der Waals surface area contributed by atoms with Crippen LogP contribution in [0.3, 0.4) is 0 Å². The standard InChI is InChI=1S/C16H14N2O3S/c1-10-2-5-12(6-3-10)22-9-15(19)17-11-4-7-14-13(8-11)18-16(20)21-14/h2-8H,9H2,1H3,(H,17,19)(H,18,20). The van der Waals surface area contributed by atoms with E-state index in [-0.39, 0.29) is 5.91 Å². The Kier molecular flexibility index (Phi) is 4.02. The fourth-order valence-electron chi connectivity index (χ4n) is 2.01. The number of hydrogen-bond donors (Lipinski definition) is 2. The first-order valence-corrected chi connectivity index (χ1v) is 7.71. The summed E-state index contributed by atoms with van der Waals surface area (Å²) in [6, 6.07) is 13.1. The zero-order valence-corrected chi connectivity index (χ0v) is 12.7. The molecule has 1 heterocycles. The molecule has 0 spiro atoms. The van der Waals surface area contributed by atoms with Crippen LogP contribution in [0.25, 0.3) is 11.1 Å². The number of thioether (sulfide) groups is 1. The molecule has 0 fully saturated rings. The second-order valence-electron chi connectivity index (χ2n) is 4.88. The highest BCUT2D eigenvalue weighted by molar-refractivity contribution is 8.00. The molecule has 0 aliphatic carbocycles. The monoisotopic (exact) mass is 314 g/mol. The van der Waals surface area contributed by atoms with Crippen LogP contribution < -0.4 is 11.1 Å². The maximum atomic E-state index is 12.0. The number of benzene rings is 2. The lowest BCUT2D eigenvalue weighted by atomic mass is 10.2. The minimum absolute atomic E-state index is 0.101. The highest BCUT2D eigenvalue weighted by atomic mass is 32.2. The highest BCUT2D eigenvalue weighted by Crippen LogP contribution is 2.20. The average molecular weight is 314 g/mol. The number of aryl methyl sites for hydroxylation is 1. The topological polar surface area (TPSA) is 75.1 Å². The summed E-state index contributed by atoms with van der Waals surface area (Å²) in [6.07, 6.45) is 0. The van der Waals surface area contributed by atoms with Crippen LogP contribution in [0.5, 0.6) is 0 Å². The Hall–Kier alpha value is -2.47. The molecule has 0 atom stereocenters. The van der Waals surface area contributed by atoms with E-state index in [0.717, 1.165) is 4.90 Å². The summed E-state index contributed by atoms with van der Waals surface area (Å²) in [5.74, 6) is -0.285. The van der Waals surface area contributed by atoms with Gasteiger partial charge in [0.25, 0.3) is 0 Å². The highest BCUT2D eigenvalue weighted by Gasteiger charge is 2.06. The smallest absolute Gasteiger partial charge is 0.408 e. The van der Waals surface area contributed by atoms with Gasteiger partial charge in [-0.05, 0) is 37.3 Å². The van der Waals surface area contributed by atoms with Gasteiger partial charge in [0.15, 0.2) is 5.58 Å². The van der Waals surface area contributed by atoms with Crippen molar-refractivity contribution in [1.29, 1.82) is 0 Å². The van der Waals surface area contributed by atoms with Gasteiger partial charge in [-0.2, -0.15) is 0 Å². The lowest BCUT2D eigenvalue weighted by Gasteiger charge is -2.05. The Bertz CT molecular complexity index is 865. The summed E-state index contributed by atoms with van der Waals surface area (Å²) >= 11 is 1.48. The third kappa shape index (κ3) is 3.40. The first-order valence-electron chi connectivity index (χ1n) is 6.72. The fourth-order valence-corrected chi connectivity index (χ4v) is 2.71. The van der Waals surface area contributed by atoms with E-state index in [9.17, 15) is 9.59 Å². The molecule has 0 unspecified atom stereocenters. The molecule has 112 valence electrons. The van der Waals surface area contributed by atoms with E-state index in [0.29, 0.717) is 22.5 Å². The van der Waals surface area contributed by atoms with Gasteiger partial charge in [0.1, 0.15) is 0 Å². The molecule has 2 N–H and O–H groups in total. The Labute approximate surface area is 130 Å². The summed E-state index contributed by atoms with van der Waals surface area (Å²) in [7, 11) is 0. The van der Waals surface area contributed by atoms with Crippen molar-refractivity contribution in [2.24, 2.45) is 0 Å². The maximum Gasteiger partial charge on any atom is 0.417 e. The van der Waals surface area contributed by atoms with Crippen LogP contribution in [0, 0.1) is 6.92 Å². The molecule has 0 bridgehead atoms. The number of fused-ring (bicyclic) bond motifs is 1. The van der Waals surface area contributed by atoms with Crippen LogP contribution in [0.4, 0.5) is 5.69 Å². The first kappa shape index (κ1) is 14.5. The molecule has 0 saturated heterocycles. The van der Waals surface area contributed by atoms with Crippen LogP contribution >= 0.6 is 11.8 Å². The van der Waals surface area contributed by atoms with Crippen molar-refractivity contribution < 1.29 is 9.21 Å². The summed E-state index contributed by atoms with van der Waals surface area (Å²) in [4.78, 5) is 26.7. The predicted molar refractivity (Wildman–Crippen MR) is 87.4 cm³/mol. The van der Waals surface area contributed by atoms with Gasteiger partial charge >= 0.3 is 5.76 Å². The lowest BCUT2D eigenvalue weighted by molar-refractivity contribution is -0.113. The molecular weight excluding hydrogens is 300 g/mol. The Morgan fingerprint density at radius 3 is 2.77 bits per heavy atom. The van der Waals surface area contributed by atoms with E-state index in [1.54, 1.807) is 18.2 Å². The lowest BCUT2D eigenvalue weighted by Crippen LogP contribution is -2.13. The number of carbonyl (C=O) groups excluding carboxylic acids is 1. The van der Waals surface area contributed by atoms with E-state index < -0.39 is 5.76 Å². The molecule has 3 rings (SSSR count). The second-order valence-corrected chi connectivity index (χ2v) is 5.92. The molecule has 3 aromatic rings. The zero-order chi connectivity index (χ0) is 15.5. The molecular formula is C16H14N2O3S. The zero-order valence-electron chi connectivity index (χ0n) is 11.9. The molecule has 0 aliphatic heterocycles. The predicted octanol–water partition coefficient (Wildman–Crippen LogP) is 3.16. The number of anilines is 1. The third-order valence-corrected chi connectivity index (χ3v) is 4.11. The SMILES string of the molecule is Cc1ccc(SCC(=O)Nc2ccc3oc(=O)[nH]c3c2)cc1. The van der Waals surface area contributed by atoms with Crippen molar-refractivity contribution in [3.8, 4) is 0 Å². The van der Waals surface area contributed by atoms with Gasteiger partial charge < -0.3 is 9.73 Å². The second kappa shape index (κ2) is 6.11.